The molecule has 1 aromatic rings. The highest BCUT2D eigenvalue weighted by Crippen LogP contribution is 2.26. The number of piperazine rings is 1. The molecule has 2 atom stereocenters. The molecule has 7 nitrogen and oxygen atoms in total. The summed E-state index contributed by atoms with van der Waals surface area (Å²) in [5.74, 6) is 1.23. The van der Waals surface area contributed by atoms with Crippen LogP contribution in [-0.2, 0) is 4.79 Å². The third-order valence-electron chi connectivity index (χ3n) is 4.38. The summed E-state index contributed by atoms with van der Waals surface area (Å²) >= 11 is 0. The van der Waals surface area contributed by atoms with Crippen LogP contribution < -0.4 is 10.6 Å². The van der Waals surface area contributed by atoms with Crippen molar-refractivity contribution >= 4 is 17.8 Å². The molecule has 120 valence electrons. The van der Waals surface area contributed by atoms with Crippen LogP contribution in [0.2, 0.25) is 0 Å². The second-order valence-corrected chi connectivity index (χ2v) is 6.35. The molecule has 7 heteroatoms. The van der Waals surface area contributed by atoms with E-state index >= 15 is 0 Å². The van der Waals surface area contributed by atoms with Gasteiger partial charge in [-0.25, -0.2) is 4.79 Å². The third kappa shape index (κ3) is 2.93. The Labute approximate surface area is 129 Å². The van der Waals surface area contributed by atoms with Crippen molar-refractivity contribution < 1.29 is 14.1 Å². The molecular weight excluding hydrogens is 284 g/mol. The summed E-state index contributed by atoms with van der Waals surface area (Å²) in [5.41, 5.74) is 0. The van der Waals surface area contributed by atoms with Crippen LogP contribution in [0.5, 0.6) is 0 Å². The maximum absolute atomic E-state index is 12.5. The molecule has 3 amide bonds. The number of hydrogen-bond acceptors (Lipinski definition) is 4. The molecule has 1 aromatic heterocycles. The number of hydrogen-bond donors (Lipinski definition) is 2. The van der Waals surface area contributed by atoms with Gasteiger partial charge in [0.25, 0.3) is 0 Å². The van der Waals surface area contributed by atoms with Crippen molar-refractivity contribution in [1.29, 1.82) is 0 Å². The third-order valence-corrected chi connectivity index (χ3v) is 4.38. The molecule has 0 spiro atoms. The zero-order valence-electron chi connectivity index (χ0n) is 13.0. The van der Waals surface area contributed by atoms with Crippen LogP contribution in [0.3, 0.4) is 0 Å². The van der Waals surface area contributed by atoms with Gasteiger partial charge in [-0.05, 0) is 12.8 Å². The highest BCUT2D eigenvalue weighted by Gasteiger charge is 2.39. The maximum Gasteiger partial charge on any atom is 0.323 e. The molecule has 2 fully saturated rings. The average molecular weight is 306 g/mol. The Morgan fingerprint density at radius 2 is 2.23 bits per heavy atom. The van der Waals surface area contributed by atoms with Gasteiger partial charge in [-0.3, -0.25) is 10.1 Å². The lowest BCUT2D eigenvalue weighted by atomic mass is 9.87. The van der Waals surface area contributed by atoms with E-state index < -0.39 is 0 Å². The van der Waals surface area contributed by atoms with Gasteiger partial charge in [0, 0.05) is 18.0 Å². The number of rotatable bonds is 2. The van der Waals surface area contributed by atoms with Crippen LogP contribution in [0.15, 0.2) is 10.6 Å². The van der Waals surface area contributed by atoms with Gasteiger partial charge in [0.05, 0.1) is 6.04 Å². The number of fused-ring (bicyclic) bond motifs is 1. The minimum absolute atomic E-state index is 0.0721. The van der Waals surface area contributed by atoms with Crippen molar-refractivity contribution in [3.8, 4) is 0 Å². The van der Waals surface area contributed by atoms with E-state index in [1.165, 1.54) is 0 Å². The van der Waals surface area contributed by atoms with Gasteiger partial charge in [-0.15, -0.1) is 0 Å². The SMILES string of the molecule is CC(C)c1cc(NC(=O)N2CC(=O)N[C@@H]3CCCC[C@H]32)no1. The molecule has 0 unspecified atom stereocenters. The first-order valence-electron chi connectivity index (χ1n) is 7.88. The lowest BCUT2D eigenvalue weighted by Crippen LogP contribution is -2.63. The standard InChI is InChI=1S/C15H22N4O3/c1-9(2)12-7-13(18-22-12)17-15(21)19-8-14(20)16-10-5-3-4-6-11(10)19/h7,9-11H,3-6,8H2,1-2H3,(H,16,20)(H,17,18,21)/t10-,11-/m1/s1. The van der Waals surface area contributed by atoms with Gasteiger partial charge in [0.15, 0.2) is 5.82 Å². The van der Waals surface area contributed by atoms with E-state index in [0.717, 1.165) is 31.4 Å². The smallest absolute Gasteiger partial charge is 0.323 e. The van der Waals surface area contributed by atoms with Crippen LogP contribution >= 0.6 is 0 Å². The van der Waals surface area contributed by atoms with Crippen LogP contribution in [0.1, 0.15) is 51.2 Å². The quantitative estimate of drug-likeness (QED) is 0.875. The summed E-state index contributed by atoms with van der Waals surface area (Å²) in [5, 5.41) is 9.60. The fraction of sp³-hybridized carbons (Fsp3) is 0.667. The Morgan fingerprint density at radius 1 is 1.45 bits per heavy atom. The average Bonchev–Trinajstić information content (AvgIpc) is 2.95. The van der Waals surface area contributed by atoms with Crippen molar-refractivity contribution in [2.24, 2.45) is 0 Å². The number of carbonyl (C=O) groups is 2. The Bertz CT molecular complexity index is 569. The number of aromatic nitrogens is 1. The van der Waals surface area contributed by atoms with E-state index in [1.54, 1.807) is 11.0 Å². The van der Waals surface area contributed by atoms with E-state index in [1.807, 2.05) is 13.8 Å². The highest BCUT2D eigenvalue weighted by atomic mass is 16.5. The maximum atomic E-state index is 12.5. The van der Waals surface area contributed by atoms with Crippen LogP contribution in [0, 0.1) is 0 Å². The molecule has 1 aliphatic carbocycles. The molecule has 1 saturated carbocycles. The number of carbonyl (C=O) groups excluding carboxylic acids is 2. The summed E-state index contributed by atoms with van der Waals surface area (Å²) in [6.07, 6.45) is 4.04. The molecule has 0 aromatic carbocycles. The van der Waals surface area contributed by atoms with E-state index in [2.05, 4.69) is 15.8 Å². The van der Waals surface area contributed by atoms with E-state index in [9.17, 15) is 9.59 Å². The van der Waals surface area contributed by atoms with Crippen molar-refractivity contribution in [2.75, 3.05) is 11.9 Å². The van der Waals surface area contributed by atoms with Crippen molar-refractivity contribution in [1.82, 2.24) is 15.4 Å². The molecule has 2 N–H and O–H groups in total. The predicted octanol–water partition coefficient (Wildman–Crippen LogP) is 2.07. The summed E-state index contributed by atoms with van der Waals surface area (Å²) in [6.45, 7) is 4.09. The van der Waals surface area contributed by atoms with Gasteiger partial charge in [0.2, 0.25) is 5.91 Å². The Kier molecular flexibility index (Phi) is 4.04. The number of nitrogens with one attached hydrogen (secondary N) is 2. The number of urea groups is 1. The molecule has 1 aliphatic heterocycles. The Morgan fingerprint density at radius 3 is 2.95 bits per heavy atom. The molecule has 2 heterocycles. The largest absolute Gasteiger partial charge is 0.359 e. The summed E-state index contributed by atoms with van der Waals surface area (Å²) in [7, 11) is 0. The molecule has 22 heavy (non-hydrogen) atoms. The van der Waals surface area contributed by atoms with Gasteiger partial charge >= 0.3 is 6.03 Å². The predicted molar refractivity (Wildman–Crippen MR) is 80.5 cm³/mol. The summed E-state index contributed by atoms with van der Waals surface area (Å²) < 4.78 is 5.18. The zero-order chi connectivity index (χ0) is 15.7. The fourth-order valence-corrected chi connectivity index (χ4v) is 3.20. The number of anilines is 1. The first-order chi connectivity index (χ1) is 10.5. The topological polar surface area (TPSA) is 87.5 Å². The zero-order valence-corrected chi connectivity index (χ0v) is 13.0. The van der Waals surface area contributed by atoms with Crippen molar-refractivity contribution in [2.45, 2.75) is 57.5 Å². The van der Waals surface area contributed by atoms with Crippen molar-refractivity contribution in [3.63, 3.8) is 0 Å². The second kappa shape index (κ2) is 5.98. The molecule has 2 aliphatic rings. The Hall–Kier alpha value is -2.05. The minimum Gasteiger partial charge on any atom is -0.359 e. The Balaban J connectivity index is 1.70. The number of amides is 3. The normalized spacial score (nSPS) is 24.9. The molecule has 0 radical (unpaired) electrons. The lowest BCUT2D eigenvalue weighted by molar-refractivity contribution is -0.126. The van der Waals surface area contributed by atoms with E-state index in [0.29, 0.717) is 5.82 Å². The van der Waals surface area contributed by atoms with Gasteiger partial charge in [-0.2, -0.15) is 0 Å². The molecular formula is C15H22N4O3. The van der Waals surface area contributed by atoms with Crippen LogP contribution in [0.4, 0.5) is 10.6 Å². The fourth-order valence-electron chi connectivity index (χ4n) is 3.20. The first-order valence-corrected chi connectivity index (χ1v) is 7.88. The number of nitrogens with zero attached hydrogens (tertiary/aromatic N) is 2. The van der Waals surface area contributed by atoms with Gasteiger partial charge in [0.1, 0.15) is 12.3 Å². The summed E-state index contributed by atoms with van der Waals surface area (Å²) in [6, 6.07) is 1.59. The van der Waals surface area contributed by atoms with E-state index in [-0.39, 0.29) is 36.5 Å². The van der Waals surface area contributed by atoms with E-state index in [4.69, 9.17) is 4.52 Å². The highest BCUT2D eigenvalue weighted by molar-refractivity contribution is 5.92. The van der Waals surface area contributed by atoms with Gasteiger partial charge < -0.3 is 14.7 Å². The minimum atomic E-state index is -0.282. The van der Waals surface area contributed by atoms with Crippen LogP contribution in [0.25, 0.3) is 0 Å². The first kappa shape index (κ1) is 14.9. The molecule has 0 bridgehead atoms. The van der Waals surface area contributed by atoms with Crippen molar-refractivity contribution in [3.05, 3.63) is 11.8 Å². The molecule has 3 rings (SSSR count). The lowest BCUT2D eigenvalue weighted by Gasteiger charge is -2.43. The van der Waals surface area contributed by atoms with Crippen LogP contribution in [-0.4, -0.2) is 40.6 Å². The monoisotopic (exact) mass is 306 g/mol. The molecule has 1 saturated heterocycles. The summed E-state index contributed by atoms with van der Waals surface area (Å²) in [4.78, 5) is 25.9. The van der Waals surface area contributed by atoms with Gasteiger partial charge in [-0.1, -0.05) is 31.8 Å². The second-order valence-electron chi connectivity index (χ2n) is 6.35.